The van der Waals surface area contributed by atoms with Gasteiger partial charge in [0.1, 0.15) is 0 Å². The van der Waals surface area contributed by atoms with E-state index in [0.29, 0.717) is 12.2 Å². The Labute approximate surface area is 116 Å². The molecule has 0 heterocycles. The highest BCUT2D eigenvalue weighted by Crippen LogP contribution is 2.27. The molecule has 1 aromatic carbocycles. The van der Waals surface area contributed by atoms with E-state index < -0.39 is 0 Å². The Balaban J connectivity index is 3.25. The van der Waals surface area contributed by atoms with E-state index in [1.807, 2.05) is 44.1 Å². The van der Waals surface area contributed by atoms with Crippen LogP contribution in [0.15, 0.2) is 18.2 Å². The standard InChI is InChI=1S/C15H24N2O2/c1-6-17(7-2)14-11-12(16(4)5)9-10-13(14)15(18)19-8-3/h9-11H,6-8H2,1-5H3. The van der Waals surface area contributed by atoms with Crippen LogP contribution in [0.2, 0.25) is 0 Å². The average Bonchev–Trinajstić information content (AvgIpc) is 2.40. The lowest BCUT2D eigenvalue weighted by molar-refractivity contribution is 0.0527. The largest absolute Gasteiger partial charge is 0.462 e. The van der Waals surface area contributed by atoms with E-state index >= 15 is 0 Å². The summed E-state index contributed by atoms with van der Waals surface area (Å²) >= 11 is 0. The Morgan fingerprint density at radius 3 is 2.26 bits per heavy atom. The van der Waals surface area contributed by atoms with Crippen LogP contribution in [0.25, 0.3) is 0 Å². The molecule has 1 rings (SSSR count). The molecule has 1 aromatic rings. The van der Waals surface area contributed by atoms with Crippen molar-refractivity contribution in [3.05, 3.63) is 23.8 Å². The summed E-state index contributed by atoms with van der Waals surface area (Å²) in [5, 5.41) is 0. The van der Waals surface area contributed by atoms with Crippen LogP contribution >= 0.6 is 0 Å². The van der Waals surface area contributed by atoms with E-state index in [1.165, 1.54) is 0 Å². The van der Waals surface area contributed by atoms with Crippen LogP contribution in [-0.4, -0.2) is 39.8 Å². The van der Waals surface area contributed by atoms with Crippen molar-refractivity contribution in [1.29, 1.82) is 0 Å². The first-order chi connectivity index (χ1) is 9.04. The molecule has 0 amide bonds. The molecule has 0 N–H and O–H groups in total. The number of rotatable bonds is 6. The van der Waals surface area contributed by atoms with Gasteiger partial charge in [-0.05, 0) is 39.0 Å². The van der Waals surface area contributed by atoms with Crippen LogP contribution in [0.3, 0.4) is 0 Å². The number of carbonyl (C=O) groups excluding carboxylic acids is 1. The summed E-state index contributed by atoms with van der Waals surface area (Å²) in [6.45, 7) is 8.11. The van der Waals surface area contributed by atoms with Gasteiger partial charge in [0.05, 0.1) is 17.9 Å². The van der Waals surface area contributed by atoms with Crippen molar-refractivity contribution in [3.8, 4) is 0 Å². The zero-order chi connectivity index (χ0) is 14.4. The molecule has 0 aliphatic rings. The molecule has 19 heavy (non-hydrogen) atoms. The monoisotopic (exact) mass is 264 g/mol. The van der Waals surface area contributed by atoms with E-state index in [4.69, 9.17) is 4.74 Å². The third kappa shape index (κ3) is 3.63. The van der Waals surface area contributed by atoms with E-state index in [2.05, 4.69) is 18.7 Å². The Bertz CT molecular complexity index is 426. The smallest absolute Gasteiger partial charge is 0.340 e. The van der Waals surface area contributed by atoms with Gasteiger partial charge in [-0.1, -0.05) is 0 Å². The van der Waals surface area contributed by atoms with Gasteiger partial charge in [0.2, 0.25) is 0 Å². The first-order valence-electron chi connectivity index (χ1n) is 6.78. The van der Waals surface area contributed by atoms with Crippen molar-refractivity contribution in [1.82, 2.24) is 0 Å². The fourth-order valence-corrected chi connectivity index (χ4v) is 2.01. The van der Waals surface area contributed by atoms with Crippen molar-refractivity contribution in [2.45, 2.75) is 20.8 Å². The number of ether oxygens (including phenoxy) is 1. The maximum absolute atomic E-state index is 12.0. The molecule has 0 fully saturated rings. The maximum atomic E-state index is 12.0. The number of esters is 1. The van der Waals surface area contributed by atoms with Gasteiger partial charge in [-0.2, -0.15) is 0 Å². The van der Waals surface area contributed by atoms with Gasteiger partial charge >= 0.3 is 5.97 Å². The third-order valence-corrected chi connectivity index (χ3v) is 3.10. The summed E-state index contributed by atoms with van der Waals surface area (Å²) < 4.78 is 5.13. The molecule has 4 nitrogen and oxygen atoms in total. The topological polar surface area (TPSA) is 32.8 Å². The molecule has 0 atom stereocenters. The highest BCUT2D eigenvalue weighted by atomic mass is 16.5. The molecule has 106 valence electrons. The minimum Gasteiger partial charge on any atom is -0.462 e. The Morgan fingerprint density at radius 1 is 1.16 bits per heavy atom. The predicted molar refractivity (Wildman–Crippen MR) is 80.3 cm³/mol. The number of anilines is 2. The van der Waals surface area contributed by atoms with Gasteiger partial charge in [0, 0.05) is 32.9 Å². The second-order valence-electron chi connectivity index (χ2n) is 4.49. The molecule has 0 bridgehead atoms. The fourth-order valence-electron chi connectivity index (χ4n) is 2.01. The van der Waals surface area contributed by atoms with Crippen LogP contribution in [0.5, 0.6) is 0 Å². The van der Waals surface area contributed by atoms with E-state index in [0.717, 1.165) is 24.5 Å². The second kappa shape index (κ2) is 7.02. The van der Waals surface area contributed by atoms with E-state index in [9.17, 15) is 4.79 Å². The predicted octanol–water partition coefficient (Wildman–Crippen LogP) is 2.78. The summed E-state index contributed by atoms with van der Waals surface area (Å²) in [7, 11) is 3.98. The van der Waals surface area contributed by atoms with Gasteiger partial charge in [0.15, 0.2) is 0 Å². The lowest BCUT2D eigenvalue weighted by Gasteiger charge is -2.25. The van der Waals surface area contributed by atoms with Crippen LogP contribution in [-0.2, 0) is 4.74 Å². The van der Waals surface area contributed by atoms with Crippen LogP contribution in [0.1, 0.15) is 31.1 Å². The quantitative estimate of drug-likeness (QED) is 0.740. The lowest BCUT2D eigenvalue weighted by Crippen LogP contribution is -2.25. The highest BCUT2D eigenvalue weighted by Gasteiger charge is 2.17. The highest BCUT2D eigenvalue weighted by molar-refractivity contribution is 5.96. The molecular weight excluding hydrogens is 240 g/mol. The minimum absolute atomic E-state index is 0.255. The Kier molecular flexibility index (Phi) is 5.67. The van der Waals surface area contributed by atoms with Crippen molar-refractivity contribution < 1.29 is 9.53 Å². The number of hydrogen-bond acceptors (Lipinski definition) is 4. The Morgan fingerprint density at radius 2 is 1.79 bits per heavy atom. The number of carbonyl (C=O) groups is 1. The molecule has 4 heteroatoms. The second-order valence-corrected chi connectivity index (χ2v) is 4.49. The van der Waals surface area contributed by atoms with Crippen LogP contribution < -0.4 is 9.80 Å². The summed E-state index contributed by atoms with van der Waals surface area (Å²) in [5.74, 6) is -0.255. The number of nitrogens with zero attached hydrogens (tertiary/aromatic N) is 2. The van der Waals surface area contributed by atoms with Crippen molar-refractivity contribution in [2.75, 3.05) is 43.6 Å². The molecule has 0 aliphatic heterocycles. The average molecular weight is 264 g/mol. The minimum atomic E-state index is -0.255. The Hall–Kier alpha value is -1.71. The zero-order valence-corrected chi connectivity index (χ0v) is 12.6. The molecule has 0 aliphatic carbocycles. The van der Waals surface area contributed by atoms with E-state index in [-0.39, 0.29) is 5.97 Å². The van der Waals surface area contributed by atoms with Crippen molar-refractivity contribution >= 4 is 17.3 Å². The first kappa shape index (κ1) is 15.3. The molecule has 0 saturated carbocycles. The van der Waals surface area contributed by atoms with E-state index in [1.54, 1.807) is 0 Å². The van der Waals surface area contributed by atoms with Gasteiger partial charge < -0.3 is 14.5 Å². The molecule has 0 aromatic heterocycles. The van der Waals surface area contributed by atoms with Crippen molar-refractivity contribution in [2.24, 2.45) is 0 Å². The molecule has 0 radical (unpaired) electrons. The summed E-state index contributed by atoms with van der Waals surface area (Å²) in [4.78, 5) is 16.2. The normalized spacial score (nSPS) is 10.2. The molecule has 0 spiro atoms. The van der Waals surface area contributed by atoms with Crippen LogP contribution in [0.4, 0.5) is 11.4 Å². The third-order valence-electron chi connectivity index (χ3n) is 3.10. The summed E-state index contributed by atoms with van der Waals surface area (Å²) in [5.41, 5.74) is 2.65. The molecule has 0 saturated heterocycles. The first-order valence-corrected chi connectivity index (χ1v) is 6.78. The van der Waals surface area contributed by atoms with Gasteiger partial charge in [-0.15, -0.1) is 0 Å². The fraction of sp³-hybridized carbons (Fsp3) is 0.533. The molecule has 0 unspecified atom stereocenters. The van der Waals surface area contributed by atoms with Gasteiger partial charge in [-0.25, -0.2) is 4.79 Å². The van der Waals surface area contributed by atoms with Crippen LogP contribution in [0, 0.1) is 0 Å². The number of hydrogen-bond donors (Lipinski definition) is 0. The van der Waals surface area contributed by atoms with Crippen molar-refractivity contribution in [3.63, 3.8) is 0 Å². The lowest BCUT2D eigenvalue weighted by atomic mass is 10.1. The summed E-state index contributed by atoms with van der Waals surface area (Å²) in [6, 6.07) is 5.83. The number of benzene rings is 1. The maximum Gasteiger partial charge on any atom is 0.340 e. The van der Waals surface area contributed by atoms with Gasteiger partial charge in [0.25, 0.3) is 0 Å². The zero-order valence-electron chi connectivity index (χ0n) is 12.6. The SMILES string of the molecule is CCOC(=O)c1ccc(N(C)C)cc1N(CC)CC. The van der Waals surface area contributed by atoms with Gasteiger partial charge in [-0.3, -0.25) is 0 Å². The summed E-state index contributed by atoms with van der Waals surface area (Å²) in [6.07, 6.45) is 0. The molecular formula is C15H24N2O2.